The van der Waals surface area contributed by atoms with E-state index < -0.39 is 0 Å². The number of ether oxygens (including phenoxy) is 1. The maximum Gasteiger partial charge on any atom is 0.241 e. The molecule has 4 nitrogen and oxygen atoms in total. The van der Waals surface area contributed by atoms with Gasteiger partial charge in [-0.05, 0) is 26.2 Å². The molecule has 0 spiro atoms. The SMILES string of the molecule is CCCCC1NC(C)N(C2CCCOC2)C1=O. The molecule has 0 aliphatic carbocycles. The summed E-state index contributed by atoms with van der Waals surface area (Å²) in [4.78, 5) is 14.3. The molecule has 2 fully saturated rings. The van der Waals surface area contributed by atoms with Gasteiger partial charge >= 0.3 is 0 Å². The Balaban J connectivity index is 1.95. The molecule has 0 aromatic heterocycles. The number of unbranched alkanes of at least 4 members (excludes halogenated alkanes) is 1. The molecule has 2 rings (SSSR count). The fraction of sp³-hybridized carbons (Fsp3) is 0.923. The first kappa shape index (κ1) is 12.8. The van der Waals surface area contributed by atoms with Crippen molar-refractivity contribution in [1.29, 1.82) is 0 Å². The summed E-state index contributed by atoms with van der Waals surface area (Å²) in [6.07, 6.45) is 5.54. The van der Waals surface area contributed by atoms with Gasteiger partial charge in [0.25, 0.3) is 0 Å². The van der Waals surface area contributed by atoms with Gasteiger partial charge in [-0.1, -0.05) is 19.8 Å². The minimum absolute atomic E-state index is 0.0341. The molecule has 0 aromatic carbocycles. The maximum absolute atomic E-state index is 12.3. The van der Waals surface area contributed by atoms with Gasteiger partial charge in [0.1, 0.15) is 0 Å². The standard InChI is InChI=1S/C13H24N2O2/c1-3-4-7-12-13(16)15(10(2)14-12)11-6-5-8-17-9-11/h10-12,14H,3-9H2,1-2H3. The van der Waals surface area contributed by atoms with Crippen LogP contribution < -0.4 is 5.32 Å². The molecule has 2 heterocycles. The lowest BCUT2D eigenvalue weighted by Crippen LogP contribution is -2.47. The third-order valence-corrected chi connectivity index (χ3v) is 3.79. The van der Waals surface area contributed by atoms with Crippen molar-refractivity contribution in [3.8, 4) is 0 Å². The molecule has 17 heavy (non-hydrogen) atoms. The van der Waals surface area contributed by atoms with Crippen molar-refractivity contribution in [1.82, 2.24) is 10.2 Å². The topological polar surface area (TPSA) is 41.6 Å². The van der Waals surface area contributed by atoms with Crippen molar-refractivity contribution in [2.45, 2.75) is 64.2 Å². The summed E-state index contributed by atoms with van der Waals surface area (Å²) in [6.45, 7) is 5.80. The zero-order valence-corrected chi connectivity index (χ0v) is 10.9. The lowest BCUT2D eigenvalue weighted by Gasteiger charge is -2.33. The number of hydrogen-bond donors (Lipinski definition) is 1. The Kier molecular flexibility index (Phi) is 4.40. The van der Waals surface area contributed by atoms with Gasteiger partial charge in [-0.25, -0.2) is 0 Å². The highest BCUT2D eigenvalue weighted by Crippen LogP contribution is 2.22. The zero-order valence-electron chi connectivity index (χ0n) is 10.9. The van der Waals surface area contributed by atoms with E-state index in [-0.39, 0.29) is 24.2 Å². The second-order valence-electron chi connectivity index (χ2n) is 5.15. The molecular formula is C13H24N2O2. The van der Waals surface area contributed by atoms with Gasteiger partial charge in [0, 0.05) is 6.61 Å². The van der Waals surface area contributed by atoms with E-state index in [1.807, 2.05) is 4.90 Å². The molecule has 2 aliphatic heterocycles. The van der Waals surface area contributed by atoms with Crippen LogP contribution in [0.2, 0.25) is 0 Å². The van der Waals surface area contributed by atoms with E-state index in [9.17, 15) is 4.79 Å². The number of carbonyl (C=O) groups is 1. The van der Waals surface area contributed by atoms with Crippen molar-refractivity contribution in [2.75, 3.05) is 13.2 Å². The highest BCUT2D eigenvalue weighted by atomic mass is 16.5. The molecule has 0 radical (unpaired) electrons. The van der Waals surface area contributed by atoms with Crippen molar-refractivity contribution in [2.24, 2.45) is 0 Å². The second kappa shape index (κ2) is 5.83. The number of rotatable bonds is 4. The van der Waals surface area contributed by atoms with Crippen LogP contribution in [0.3, 0.4) is 0 Å². The van der Waals surface area contributed by atoms with Crippen LogP contribution in [-0.4, -0.2) is 42.3 Å². The van der Waals surface area contributed by atoms with Gasteiger partial charge in [0.15, 0.2) is 0 Å². The summed E-state index contributed by atoms with van der Waals surface area (Å²) in [7, 11) is 0. The Morgan fingerprint density at radius 2 is 2.35 bits per heavy atom. The molecule has 2 aliphatic rings. The summed E-state index contributed by atoms with van der Waals surface area (Å²) >= 11 is 0. The van der Waals surface area contributed by atoms with Crippen molar-refractivity contribution >= 4 is 5.91 Å². The van der Waals surface area contributed by atoms with Crippen LogP contribution in [0.4, 0.5) is 0 Å². The molecule has 1 N–H and O–H groups in total. The van der Waals surface area contributed by atoms with Gasteiger partial charge in [-0.2, -0.15) is 0 Å². The molecule has 3 unspecified atom stereocenters. The summed E-state index contributed by atoms with van der Waals surface area (Å²) in [5.41, 5.74) is 0. The van der Waals surface area contributed by atoms with Gasteiger partial charge in [0.2, 0.25) is 5.91 Å². The third kappa shape index (κ3) is 2.80. The van der Waals surface area contributed by atoms with Crippen LogP contribution in [0.25, 0.3) is 0 Å². The number of carbonyl (C=O) groups excluding carboxylic acids is 1. The first-order chi connectivity index (χ1) is 8.24. The maximum atomic E-state index is 12.3. The van der Waals surface area contributed by atoms with Crippen LogP contribution in [0.5, 0.6) is 0 Å². The van der Waals surface area contributed by atoms with Crippen LogP contribution in [0.1, 0.15) is 46.0 Å². The Hall–Kier alpha value is -0.610. The van der Waals surface area contributed by atoms with Gasteiger partial charge < -0.3 is 9.64 Å². The minimum Gasteiger partial charge on any atom is -0.379 e. The van der Waals surface area contributed by atoms with Crippen molar-refractivity contribution in [3.63, 3.8) is 0 Å². The fourth-order valence-corrected chi connectivity index (χ4v) is 2.87. The van der Waals surface area contributed by atoms with E-state index in [0.717, 1.165) is 38.7 Å². The van der Waals surface area contributed by atoms with Crippen molar-refractivity contribution < 1.29 is 9.53 Å². The highest BCUT2D eigenvalue weighted by Gasteiger charge is 2.40. The lowest BCUT2D eigenvalue weighted by molar-refractivity contribution is -0.135. The average molecular weight is 240 g/mol. The summed E-state index contributed by atoms with van der Waals surface area (Å²) < 4.78 is 5.49. The van der Waals surface area contributed by atoms with Gasteiger partial charge in [0.05, 0.1) is 24.9 Å². The minimum atomic E-state index is 0.0341. The summed E-state index contributed by atoms with van der Waals surface area (Å²) in [6, 6.07) is 0.317. The van der Waals surface area contributed by atoms with Crippen LogP contribution in [0.15, 0.2) is 0 Å². The van der Waals surface area contributed by atoms with Crippen molar-refractivity contribution in [3.05, 3.63) is 0 Å². The number of nitrogens with one attached hydrogen (secondary N) is 1. The van der Waals surface area contributed by atoms with Crippen LogP contribution >= 0.6 is 0 Å². The highest BCUT2D eigenvalue weighted by molar-refractivity contribution is 5.84. The molecule has 0 bridgehead atoms. The third-order valence-electron chi connectivity index (χ3n) is 3.79. The Morgan fingerprint density at radius 3 is 3.00 bits per heavy atom. The molecule has 98 valence electrons. The Morgan fingerprint density at radius 1 is 1.53 bits per heavy atom. The van der Waals surface area contributed by atoms with Gasteiger partial charge in [-0.3, -0.25) is 10.1 Å². The van der Waals surface area contributed by atoms with Crippen LogP contribution in [0, 0.1) is 0 Å². The zero-order chi connectivity index (χ0) is 12.3. The normalized spacial score (nSPS) is 34.4. The number of hydrogen-bond acceptors (Lipinski definition) is 3. The van der Waals surface area contributed by atoms with E-state index in [1.165, 1.54) is 0 Å². The van der Waals surface area contributed by atoms with Gasteiger partial charge in [-0.15, -0.1) is 0 Å². The first-order valence-electron chi connectivity index (χ1n) is 6.90. The molecule has 3 atom stereocenters. The monoisotopic (exact) mass is 240 g/mol. The number of nitrogens with zero attached hydrogens (tertiary/aromatic N) is 1. The summed E-state index contributed by atoms with van der Waals surface area (Å²) in [5.74, 6) is 0.279. The molecular weight excluding hydrogens is 216 g/mol. The second-order valence-corrected chi connectivity index (χ2v) is 5.15. The summed E-state index contributed by atoms with van der Waals surface area (Å²) in [5, 5.41) is 3.41. The fourth-order valence-electron chi connectivity index (χ4n) is 2.87. The molecule has 0 saturated carbocycles. The predicted molar refractivity (Wildman–Crippen MR) is 66.6 cm³/mol. The average Bonchev–Trinajstić information content (AvgIpc) is 2.63. The largest absolute Gasteiger partial charge is 0.379 e. The Labute approximate surface area is 104 Å². The molecule has 1 amide bonds. The Bertz CT molecular complexity index is 264. The molecule has 2 saturated heterocycles. The first-order valence-corrected chi connectivity index (χ1v) is 6.90. The smallest absolute Gasteiger partial charge is 0.241 e. The van der Waals surface area contributed by atoms with E-state index in [4.69, 9.17) is 4.74 Å². The molecule has 4 heteroatoms. The lowest BCUT2D eigenvalue weighted by atomic mass is 10.1. The van der Waals surface area contributed by atoms with E-state index in [1.54, 1.807) is 0 Å². The molecule has 0 aromatic rings. The predicted octanol–water partition coefficient (Wildman–Crippen LogP) is 1.50. The van der Waals surface area contributed by atoms with E-state index in [2.05, 4.69) is 19.2 Å². The van der Waals surface area contributed by atoms with E-state index >= 15 is 0 Å². The van der Waals surface area contributed by atoms with E-state index in [0.29, 0.717) is 6.61 Å². The number of amides is 1. The quantitative estimate of drug-likeness (QED) is 0.809. The van der Waals surface area contributed by atoms with Crippen LogP contribution in [-0.2, 0) is 9.53 Å².